The van der Waals surface area contributed by atoms with Gasteiger partial charge in [-0.2, -0.15) is 5.26 Å². The maximum absolute atomic E-state index is 8.72. The first-order chi connectivity index (χ1) is 9.81. The molecule has 3 nitrogen and oxygen atoms in total. The lowest BCUT2D eigenvalue weighted by Gasteiger charge is -2.06. The van der Waals surface area contributed by atoms with E-state index < -0.39 is 0 Å². The zero-order valence-corrected chi connectivity index (χ0v) is 10.8. The van der Waals surface area contributed by atoms with Crippen LogP contribution in [0.15, 0.2) is 48.5 Å². The maximum atomic E-state index is 8.72. The number of aliphatic hydroxyl groups is 1. The van der Waals surface area contributed by atoms with Crippen LogP contribution in [0.25, 0.3) is 0 Å². The van der Waals surface area contributed by atoms with Crippen molar-refractivity contribution in [2.75, 3.05) is 6.61 Å². The van der Waals surface area contributed by atoms with Gasteiger partial charge in [0.1, 0.15) is 19.0 Å². The molecule has 0 atom stereocenters. The van der Waals surface area contributed by atoms with Gasteiger partial charge in [-0.1, -0.05) is 24.0 Å². The van der Waals surface area contributed by atoms with Crippen LogP contribution in [0.4, 0.5) is 0 Å². The summed E-state index contributed by atoms with van der Waals surface area (Å²) in [5.41, 5.74) is 2.46. The molecular weight excluding hydrogens is 250 g/mol. The van der Waals surface area contributed by atoms with Crippen molar-refractivity contribution in [3.8, 4) is 23.7 Å². The Morgan fingerprint density at radius 1 is 1.05 bits per heavy atom. The molecule has 0 amide bonds. The summed E-state index contributed by atoms with van der Waals surface area (Å²) >= 11 is 0. The highest BCUT2D eigenvalue weighted by atomic mass is 16.5. The fraction of sp³-hybridized carbons (Fsp3) is 0.118. The van der Waals surface area contributed by atoms with Crippen molar-refractivity contribution < 1.29 is 9.84 Å². The van der Waals surface area contributed by atoms with Gasteiger partial charge in [0.2, 0.25) is 0 Å². The van der Waals surface area contributed by atoms with E-state index in [1.54, 1.807) is 24.3 Å². The highest BCUT2D eigenvalue weighted by molar-refractivity contribution is 5.38. The smallest absolute Gasteiger partial charge is 0.119 e. The summed E-state index contributed by atoms with van der Waals surface area (Å²) in [7, 11) is 0. The van der Waals surface area contributed by atoms with Crippen LogP contribution < -0.4 is 4.74 Å². The summed E-state index contributed by atoms with van der Waals surface area (Å²) in [4.78, 5) is 0. The van der Waals surface area contributed by atoms with E-state index in [1.807, 2.05) is 24.3 Å². The predicted octanol–water partition coefficient (Wildman–Crippen LogP) is 2.48. The van der Waals surface area contributed by atoms with Gasteiger partial charge in [-0.3, -0.25) is 0 Å². The minimum atomic E-state index is -0.147. The Morgan fingerprint density at radius 3 is 2.55 bits per heavy atom. The number of hydrogen-bond donors (Lipinski definition) is 1. The fourth-order valence-corrected chi connectivity index (χ4v) is 1.67. The Morgan fingerprint density at radius 2 is 1.85 bits per heavy atom. The third-order valence-electron chi connectivity index (χ3n) is 2.63. The molecule has 0 aliphatic rings. The molecule has 0 saturated carbocycles. The predicted molar refractivity (Wildman–Crippen MR) is 75.9 cm³/mol. The standard InChI is InChI=1S/C17H13NO2/c18-12-15-6-8-17(9-7-15)20-13-16-4-1-3-14(11-16)5-2-10-19/h1,3-4,6-9,11,19H,10,13H2. The van der Waals surface area contributed by atoms with Crippen LogP contribution in [0.1, 0.15) is 16.7 Å². The number of nitrogens with zero attached hydrogens (tertiary/aromatic N) is 1. The molecule has 0 heterocycles. The Kier molecular flexibility index (Phi) is 4.78. The number of ether oxygens (including phenoxy) is 1. The van der Waals surface area contributed by atoms with E-state index in [1.165, 1.54) is 0 Å². The third kappa shape index (κ3) is 3.88. The highest BCUT2D eigenvalue weighted by Crippen LogP contribution is 2.14. The number of hydrogen-bond acceptors (Lipinski definition) is 3. The van der Waals surface area contributed by atoms with Gasteiger partial charge in [-0.15, -0.1) is 0 Å². The molecule has 0 aliphatic carbocycles. The molecule has 20 heavy (non-hydrogen) atoms. The number of nitriles is 1. The van der Waals surface area contributed by atoms with E-state index in [0.717, 1.165) is 16.9 Å². The topological polar surface area (TPSA) is 53.2 Å². The summed E-state index contributed by atoms with van der Waals surface area (Å²) < 4.78 is 5.64. The number of benzene rings is 2. The van der Waals surface area contributed by atoms with Crippen molar-refractivity contribution in [3.05, 3.63) is 65.2 Å². The average Bonchev–Trinajstić information content (AvgIpc) is 2.52. The Bertz CT molecular complexity index is 673. The van der Waals surface area contributed by atoms with E-state index in [0.29, 0.717) is 12.2 Å². The Balaban J connectivity index is 2.01. The molecule has 0 saturated heterocycles. The van der Waals surface area contributed by atoms with Crippen molar-refractivity contribution in [1.82, 2.24) is 0 Å². The van der Waals surface area contributed by atoms with Crippen molar-refractivity contribution in [2.24, 2.45) is 0 Å². The summed E-state index contributed by atoms with van der Waals surface area (Å²) in [6.45, 7) is 0.284. The molecular formula is C17H13NO2. The van der Waals surface area contributed by atoms with Crippen LogP contribution in [0, 0.1) is 23.2 Å². The second kappa shape index (κ2) is 6.99. The molecule has 2 aromatic rings. The minimum absolute atomic E-state index is 0.147. The van der Waals surface area contributed by atoms with Gasteiger partial charge in [-0.05, 0) is 42.0 Å². The van der Waals surface area contributed by atoms with Gasteiger partial charge in [0.15, 0.2) is 0 Å². The first-order valence-electron chi connectivity index (χ1n) is 6.13. The second-order valence-corrected chi connectivity index (χ2v) is 4.09. The van der Waals surface area contributed by atoms with Gasteiger partial charge in [0, 0.05) is 5.56 Å². The lowest BCUT2D eigenvalue weighted by atomic mass is 10.1. The van der Waals surface area contributed by atoms with E-state index in [2.05, 4.69) is 17.9 Å². The summed E-state index contributed by atoms with van der Waals surface area (Å²) in [5, 5.41) is 17.4. The summed E-state index contributed by atoms with van der Waals surface area (Å²) in [6.07, 6.45) is 0. The van der Waals surface area contributed by atoms with Crippen LogP contribution in [-0.4, -0.2) is 11.7 Å². The van der Waals surface area contributed by atoms with Crippen LogP contribution in [0.5, 0.6) is 5.75 Å². The molecule has 2 aromatic carbocycles. The first-order valence-corrected chi connectivity index (χ1v) is 6.13. The normalized spacial score (nSPS) is 9.20. The first kappa shape index (κ1) is 13.7. The summed E-state index contributed by atoms with van der Waals surface area (Å²) in [5.74, 6) is 6.19. The van der Waals surface area contributed by atoms with Gasteiger partial charge < -0.3 is 9.84 Å². The van der Waals surface area contributed by atoms with Crippen molar-refractivity contribution in [2.45, 2.75) is 6.61 Å². The third-order valence-corrected chi connectivity index (χ3v) is 2.63. The van der Waals surface area contributed by atoms with Gasteiger partial charge >= 0.3 is 0 Å². The monoisotopic (exact) mass is 263 g/mol. The van der Waals surface area contributed by atoms with Crippen molar-refractivity contribution >= 4 is 0 Å². The van der Waals surface area contributed by atoms with E-state index in [9.17, 15) is 0 Å². The van der Waals surface area contributed by atoms with E-state index >= 15 is 0 Å². The number of rotatable bonds is 3. The largest absolute Gasteiger partial charge is 0.489 e. The fourth-order valence-electron chi connectivity index (χ4n) is 1.67. The summed E-state index contributed by atoms with van der Waals surface area (Å²) in [6, 6.07) is 16.7. The van der Waals surface area contributed by atoms with Crippen LogP contribution >= 0.6 is 0 Å². The van der Waals surface area contributed by atoms with Gasteiger partial charge in [0.05, 0.1) is 11.6 Å². The molecule has 2 rings (SSSR count). The van der Waals surface area contributed by atoms with Crippen LogP contribution in [0.3, 0.4) is 0 Å². The SMILES string of the molecule is N#Cc1ccc(OCc2cccc(C#CCO)c2)cc1. The van der Waals surface area contributed by atoms with Crippen LogP contribution in [-0.2, 0) is 6.61 Å². The Labute approximate surface area is 118 Å². The molecule has 0 aliphatic heterocycles. The lowest BCUT2D eigenvalue weighted by Crippen LogP contribution is -1.95. The quantitative estimate of drug-likeness (QED) is 0.865. The molecule has 0 spiro atoms. The van der Waals surface area contributed by atoms with E-state index in [4.69, 9.17) is 15.1 Å². The molecule has 0 bridgehead atoms. The molecule has 1 N–H and O–H groups in total. The van der Waals surface area contributed by atoms with Gasteiger partial charge in [0.25, 0.3) is 0 Å². The highest BCUT2D eigenvalue weighted by Gasteiger charge is 1.98. The molecule has 0 unspecified atom stereocenters. The van der Waals surface area contributed by atoms with Gasteiger partial charge in [-0.25, -0.2) is 0 Å². The van der Waals surface area contributed by atoms with E-state index in [-0.39, 0.29) is 6.61 Å². The van der Waals surface area contributed by atoms with Crippen molar-refractivity contribution in [1.29, 1.82) is 5.26 Å². The average molecular weight is 263 g/mol. The maximum Gasteiger partial charge on any atom is 0.119 e. The lowest BCUT2D eigenvalue weighted by molar-refractivity contribution is 0.306. The molecule has 0 aromatic heterocycles. The second-order valence-electron chi connectivity index (χ2n) is 4.09. The molecule has 0 radical (unpaired) electrons. The minimum Gasteiger partial charge on any atom is -0.489 e. The molecule has 3 heteroatoms. The zero-order valence-electron chi connectivity index (χ0n) is 10.8. The molecule has 98 valence electrons. The van der Waals surface area contributed by atoms with Crippen LogP contribution in [0.2, 0.25) is 0 Å². The van der Waals surface area contributed by atoms with Crippen molar-refractivity contribution in [3.63, 3.8) is 0 Å². The number of aliphatic hydroxyl groups excluding tert-OH is 1. The Hall–Kier alpha value is -2.75. The molecule has 0 fully saturated rings. The zero-order chi connectivity index (χ0) is 14.2.